The minimum atomic E-state index is -5.14. The Morgan fingerprint density at radius 3 is 2.44 bits per heavy atom. The first-order valence-electron chi connectivity index (χ1n) is 11.5. The van der Waals surface area contributed by atoms with Gasteiger partial charge >= 0.3 is 12.4 Å². The van der Waals surface area contributed by atoms with Gasteiger partial charge < -0.3 is 21.1 Å². The van der Waals surface area contributed by atoms with Gasteiger partial charge in [0, 0.05) is 12.1 Å². The van der Waals surface area contributed by atoms with Gasteiger partial charge in [0.2, 0.25) is 5.91 Å². The molecule has 1 saturated heterocycles. The van der Waals surface area contributed by atoms with E-state index >= 15 is 0 Å². The fraction of sp³-hybridized carbons (Fsp3) is 0.391. The highest BCUT2D eigenvalue weighted by atomic mass is 35.5. The van der Waals surface area contributed by atoms with Crippen LogP contribution in [0, 0.1) is 5.82 Å². The minimum absolute atomic E-state index is 0.296. The number of alkyl halides is 7. The number of likely N-dealkylation sites (tertiary alicyclic amines) is 1. The fourth-order valence-corrected chi connectivity index (χ4v) is 4.44. The van der Waals surface area contributed by atoms with Crippen molar-refractivity contribution in [2.45, 2.75) is 43.5 Å². The van der Waals surface area contributed by atoms with Crippen molar-refractivity contribution in [2.24, 2.45) is 0 Å². The van der Waals surface area contributed by atoms with Crippen LogP contribution in [0.4, 0.5) is 40.9 Å². The van der Waals surface area contributed by atoms with Gasteiger partial charge in [-0.3, -0.25) is 9.59 Å². The van der Waals surface area contributed by atoms with Gasteiger partial charge in [0.1, 0.15) is 23.8 Å². The number of halogens is 9. The van der Waals surface area contributed by atoms with E-state index in [2.05, 4.69) is 15.4 Å². The smallest absolute Gasteiger partial charge is 0.382 e. The number of hydrogen-bond donors (Lipinski definition) is 3. The molecule has 1 aliphatic rings. The molecular weight excluding hydrogens is 596 g/mol. The van der Waals surface area contributed by atoms with Gasteiger partial charge in [0.15, 0.2) is 11.4 Å². The first-order chi connectivity index (χ1) is 18.8. The first-order valence-corrected chi connectivity index (χ1v) is 11.9. The average Bonchev–Trinajstić information content (AvgIpc) is 3.41. The zero-order valence-electron chi connectivity index (χ0n) is 20.6. The number of benzene rings is 1. The number of nitrogens with one attached hydrogen (secondary N) is 1. The molecule has 222 valence electrons. The van der Waals surface area contributed by atoms with Crippen LogP contribution >= 0.6 is 11.6 Å². The van der Waals surface area contributed by atoms with E-state index in [0.717, 1.165) is 23.0 Å². The van der Waals surface area contributed by atoms with Crippen molar-refractivity contribution in [3.05, 3.63) is 46.5 Å². The quantitative estimate of drug-likeness (QED) is 0.376. The van der Waals surface area contributed by atoms with Crippen molar-refractivity contribution in [1.29, 1.82) is 0 Å². The molecule has 1 unspecified atom stereocenters. The monoisotopic (exact) mass is 614 g/mol. The topological polar surface area (TPSA) is 126 Å². The fourth-order valence-electron chi connectivity index (χ4n) is 4.25. The summed E-state index contributed by atoms with van der Waals surface area (Å²) in [6, 6.07) is 0.800. The summed E-state index contributed by atoms with van der Waals surface area (Å²) < 4.78 is 110. The summed E-state index contributed by atoms with van der Waals surface area (Å²) in [6.45, 7) is -0.922. The van der Waals surface area contributed by atoms with Crippen LogP contribution in [0.1, 0.15) is 29.3 Å². The molecule has 4 rings (SSSR count). The summed E-state index contributed by atoms with van der Waals surface area (Å²) in [5.74, 6) is -4.18. The van der Waals surface area contributed by atoms with Gasteiger partial charge in [-0.25, -0.2) is 18.3 Å². The van der Waals surface area contributed by atoms with Crippen molar-refractivity contribution in [3.63, 3.8) is 0 Å². The molecule has 9 nitrogen and oxygen atoms in total. The van der Waals surface area contributed by atoms with Gasteiger partial charge in [0.05, 0.1) is 40.9 Å². The molecule has 0 bridgehead atoms. The Bertz CT molecular complexity index is 1520. The molecule has 0 radical (unpaired) electrons. The van der Waals surface area contributed by atoms with Crippen LogP contribution in [0.3, 0.4) is 0 Å². The number of aromatic nitrogens is 3. The molecule has 4 N–H and O–H groups in total. The van der Waals surface area contributed by atoms with Gasteiger partial charge in [-0.1, -0.05) is 11.6 Å². The highest BCUT2D eigenvalue weighted by molar-refractivity contribution is 6.34. The molecule has 0 aliphatic carbocycles. The molecule has 3 aromatic rings. The van der Waals surface area contributed by atoms with Gasteiger partial charge in [-0.05, 0) is 25.1 Å². The maximum Gasteiger partial charge on any atom is 0.418 e. The second-order valence-corrected chi connectivity index (χ2v) is 9.89. The van der Waals surface area contributed by atoms with E-state index < -0.39 is 94.8 Å². The summed E-state index contributed by atoms with van der Waals surface area (Å²) in [5.41, 5.74) is -0.909. The SMILES string of the molecule is CC(O)(CC(=O)N1C[C@H](F)[C@H](NC(=O)c2cc(-c3cc(C(F)(F)F)c4c(N)ncnn34)cc(F)c2Cl)C1)C(F)(F)F. The van der Waals surface area contributed by atoms with E-state index in [1.165, 1.54) is 0 Å². The number of aliphatic hydroxyl groups is 1. The lowest BCUT2D eigenvalue weighted by Crippen LogP contribution is -2.47. The summed E-state index contributed by atoms with van der Waals surface area (Å²) >= 11 is 5.92. The Morgan fingerprint density at radius 2 is 1.83 bits per heavy atom. The van der Waals surface area contributed by atoms with E-state index in [1.54, 1.807) is 0 Å². The highest BCUT2D eigenvalue weighted by Crippen LogP contribution is 2.39. The van der Waals surface area contributed by atoms with Gasteiger partial charge in [0.25, 0.3) is 5.91 Å². The Balaban J connectivity index is 1.61. The van der Waals surface area contributed by atoms with E-state index in [4.69, 9.17) is 17.3 Å². The molecule has 2 aromatic heterocycles. The van der Waals surface area contributed by atoms with Crippen molar-refractivity contribution in [2.75, 3.05) is 18.8 Å². The lowest BCUT2D eigenvalue weighted by atomic mass is 10.0. The summed E-state index contributed by atoms with van der Waals surface area (Å²) in [6.07, 6.45) is -12.6. The Kier molecular flexibility index (Phi) is 7.58. The number of fused-ring (bicyclic) bond motifs is 1. The number of nitrogen functional groups attached to an aromatic ring is 1. The second kappa shape index (κ2) is 10.3. The van der Waals surface area contributed by atoms with Crippen molar-refractivity contribution < 1.29 is 49.8 Å². The summed E-state index contributed by atoms with van der Waals surface area (Å²) in [4.78, 5) is 29.4. The molecule has 18 heteroatoms. The van der Waals surface area contributed by atoms with Gasteiger partial charge in [-0.15, -0.1) is 0 Å². The molecule has 1 fully saturated rings. The van der Waals surface area contributed by atoms with E-state index in [9.17, 15) is 49.8 Å². The van der Waals surface area contributed by atoms with Crippen LogP contribution in [0.2, 0.25) is 5.02 Å². The third kappa shape index (κ3) is 5.72. The summed E-state index contributed by atoms with van der Waals surface area (Å²) in [7, 11) is 0. The minimum Gasteiger partial charge on any atom is -0.382 e. The van der Waals surface area contributed by atoms with Crippen LogP contribution in [0.25, 0.3) is 16.8 Å². The van der Waals surface area contributed by atoms with Crippen LogP contribution < -0.4 is 11.1 Å². The van der Waals surface area contributed by atoms with Crippen LogP contribution in [0.15, 0.2) is 24.5 Å². The third-order valence-electron chi connectivity index (χ3n) is 6.48. The number of rotatable bonds is 5. The first kappa shape index (κ1) is 30.2. The van der Waals surface area contributed by atoms with Crippen molar-refractivity contribution in [1.82, 2.24) is 24.8 Å². The van der Waals surface area contributed by atoms with E-state index in [-0.39, 0.29) is 11.3 Å². The predicted molar refractivity (Wildman–Crippen MR) is 127 cm³/mol. The van der Waals surface area contributed by atoms with E-state index in [0.29, 0.717) is 17.9 Å². The number of anilines is 1. The number of carbonyl (C=O) groups excluding carboxylic acids is 2. The highest BCUT2D eigenvalue weighted by Gasteiger charge is 2.52. The molecule has 1 aliphatic heterocycles. The van der Waals surface area contributed by atoms with Crippen LogP contribution in [0.5, 0.6) is 0 Å². The lowest BCUT2D eigenvalue weighted by molar-refractivity contribution is -0.254. The zero-order chi connectivity index (χ0) is 30.7. The molecule has 3 atom stereocenters. The number of nitrogens with zero attached hydrogens (tertiary/aromatic N) is 4. The number of carbonyl (C=O) groups is 2. The molecule has 0 saturated carbocycles. The van der Waals surface area contributed by atoms with E-state index in [1.807, 2.05) is 0 Å². The average molecular weight is 615 g/mol. The number of hydrogen-bond acceptors (Lipinski definition) is 6. The summed E-state index contributed by atoms with van der Waals surface area (Å²) in [5, 5.41) is 14.7. The lowest BCUT2D eigenvalue weighted by Gasteiger charge is -2.27. The normalized spacial score (nSPS) is 19.4. The molecule has 1 aromatic carbocycles. The maximum atomic E-state index is 14.8. The van der Waals surface area contributed by atoms with Crippen molar-refractivity contribution in [3.8, 4) is 11.3 Å². The maximum absolute atomic E-state index is 14.8. The molecular formula is C23H19ClF8N6O3. The molecule has 0 spiro atoms. The Hall–Kier alpha value is -3.73. The largest absolute Gasteiger partial charge is 0.418 e. The third-order valence-corrected chi connectivity index (χ3v) is 6.86. The standard InChI is InChI=1S/C23H19ClF8N6O3/c1-21(41,23(30,31)32)5-16(39)37-6-13(26)14(7-37)36-20(40)10-2-9(3-12(25)17(10)24)15-4-11(22(27,28)29)18-19(33)34-8-35-38(15)18/h2-4,8,13-14,41H,5-7H2,1H3,(H,36,40)(H2,33,34,35)/t13-,14+,21?/m0/s1. The van der Waals surface area contributed by atoms with Gasteiger partial charge in [-0.2, -0.15) is 31.4 Å². The van der Waals surface area contributed by atoms with Crippen molar-refractivity contribution >= 4 is 34.7 Å². The Labute approximate surface area is 229 Å². The zero-order valence-corrected chi connectivity index (χ0v) is 21.4. The Morgan fingerprint density at radius 1 is 1.17 bits per heavy atom. The molecule has 2 amide bonds. The predicted octanol–water partition coefficient (Wildman–Crippen LogP) is 3.77. The number of nitrogens with two attached hydrogens (primary N) is 1. The number of amides is 2. The van der Waals surface area contributed by atoms with Crippen LogP contribution in [-0.4, -0.2) is 73.5 Å². The van der Waals surface area contributed by atoms with Crippen LogP contribution in [-0.2, 0) is 11.0 Å². The molecule has 41 heavy (non-hydrogen) atoms. The molecule has 3 heterocycles. The second-order valence-electron chi connectivity index (χ2n) is 9.51.